The van der Waals surface area contributed by atoms with E-state index >= 15 is 0 Å². The molecule has 0 bridgehead atoms. The number of methoxy groups -OCH3 is 1. The summed E-state index contributed by atoms with van der Waals surface area (Å²) in [6.07, 6.45) is 2.25. The Morgan fingerprint density at radius 1 is 1.33 bits per heavy atom. The predicted molar refractivity (Wildman–Crippen MR) is 90.2 cm³/mol. The van der Waals surface area contributed by atoms with Crippen molar-refractivity contribution in [2.75, 3.05) is 44.8 Å². The van der Waals surface area contributed by atoms with Gasteiger partial charge in [0.2, 0.25) is 0 Å². The van der Waals surface area contributed by atoms with Crippen molar-refractivity contribution in [1.82, 2.24) is 15.1 Å². The van der Waals surface area contributed by atoms with E-state index < -0.39 is 5.60 Å². The third-order valence-corrected chi connectivity index (χ3v) is 4.42. The molecule has 0 aromatic carbocycles. The molecule has 7 nitrogen and oxygen atoms in total. The van der Waals surface area contributed by atoms with Crippen molar-refractivity contribution >= 4 is 11.7 Å². The zero-order valence-corrected chi connectivity index (χ0v) is 14.7. The summed E-state index contributed by atoms with van der Waals surface area (Å²) in [7, 11) is 1.64. The molecule has 0 spiro atoms. The van der Waals surface area contributed by atoms with Crippen molar-refractivity contribution in [3.63, 3.8) is 0 Å². The minimum absolute atomic E-state index is 0.104. The second kappa shape index (κ2) is 7.03. The highest BCUT2D eigenvalue weighted by Gasteiger charge is 2.36. The average molecular weight is 334 g/mol. The first-order valence-electron chi connectivity index (χ1n) is 8.53. The largest absolute Gasteiger partial charge is 0.382 e. The summed E-state index contributed by atoms with van der Waals surface area (Å²) in [5.74, 6) is 0.747. The number of aromatic nitrogens is 2. The summed E-state index contributed by atoms with van der Waals surface area (Å²) in [6, 6.07) is 3.67. The normalized spacial score (nSPS) is 23.5. The van der Waals surface area contributed by atoms with Gasteiger partial charge in [0.1, 0.15) is 0 Å². The van der Waals surface area contributed by atoms with Crippen LogP contribution in [0.5, 0.6) is 0 Å². The molecular formula is C17H26N4O3. The quantitative estimate of drug-likeness (QED) is 0.828. The molecule has 0 aliphatic carbocycles. The third-order valence-electron chi connectivity index (χ3n) is 4.42. The van der Waals surface area contributed by atoms with E-state index in [1.54, 1.807) is 18.1 Å². The molecule has 2 aliphatic heterocycles. The van der Waals surface area contributed by atoms with Crippen LogP contribution in [0.2, 0.25) is 0 Å². The predicted octanol–water partition coefficient (Wildman–Crippen LogP) is 1.34. The van der Waals surface area contributed by atoms with Gasteiger partial charge in [-0.05, 0) is 38.8 Å². The topological polar surface area (TPSA) is 67.8 Å². The smallest absolute Gasteiger partial charge is 0.274 e. The first-order valence-corrected chi connectivity index (χ1v) is 8.53. The molecule has 1 amide bonds. The third kappa shape index (κ3) is 3.84. The fraction of sp³-hybridized carbons (Fsp3) is 0.706. The standard InChI is InChI=1S/C17H26N4O3/c1-17(2)12-21(10-13(24-17)11-23-3)16(22)14-6-7-15(19-18-14)20-8-4-5-9-20/h6-7,13H,4-5,8-12H2,1-3H3/t13-/m0/s1. The minimum Gasteiger partial charge on any atom is -0.382 e. The lowest BCUT2D eigenvalue weighted by molar-refractivity contribution is -0.143. The summed E-state index contributed by atoms with van der Waals surface area (Å²) >= 11 is 0. The van der Waals surface area contributed by atoms with Crippen molar-refractivity contribution in [2.24, 2.45) is 0 Å². The van der Waals surface area contributed by atoms with Crippen molar-refractivity contribution in [2.45, 2.75) is 38.4 Å². The number of ether oxygens (including phenoxy) is 2. The number of hydrogen-bond acceptors (Lipinski definition) is 6. The van der Waals surface area contributed by atoms with Crippen molar-refractivity contribution < 1.29 is 14.3 Å². The van der Waals surface area contributed by atoms with Gasteiger partial charge < -0.3 is 19.3 Å². The Hall–Kier alpha value is -1.73. The lowest BCUT2D eigenvalue weighted by atomic mass is 10.0. The van der Waals surface area contributed by atoms with E-state index in [9.17, 15) is 4.79 Å². The Kier molecular flexibility index (Phi) is 5.01. The van der Waals surface area contributed by atoms with Crippen molar-refractivity contribution in [1.29, 1.82) is 0 Å². The van der Waals surface area contributed by atoms with E-state index in [0.717, 1.165) is 18.9 Å². The Balaban J connectivity index is 1.70. The van der Waals surface area contributed by atoms with Gasteiger partial charge in [-0.1, -0.05) is 0 Å². The molecule has 24 heavy (non-hydrogen) atoms. The maximum absolute atomic E-state index is 12.8. The van der Waals surface area contributed by atoms with E-state index in [4.69, 9.17) is 9.47 Å². The summed E-state index contributed by atoms with van der Waals surface area (Å²) in [4.78, 5) is 16.8. The molecule has 0 unspecified atom stereocenters. The van der Waals surface area contributed by atoms with Gasteiger partial charge in [0, 0.05) is 33.3 Å². The molecule has 1 aromatic heterocycles. The number of amides is 1. The first-order chi connectivity index (χ1) is 11.5. The van der Waals surface area contributed by atoms with Gasteiger partial charge in [-0.3, -0.25) is 4.79 Å². The fourth-order valence-electron chi connectivity index (χ4n) is 3.44. The van der Waals surface area contributed by atoms with Crippen LogP contribution in [0.3, 0.4) is 0 Å². The Morgan fingerprint density at radius 2 is 2.08 bits per heavy atom. The van der Waals surface area contributed by atoms with E-state index in [1.165, 1.54) is 12.8 Å². The fourth-order valence-corrected chi connectivity index (χ4v) is 3.44. The molecule has 2 saturated heterocycles. The minimum atomic E-state index is -0.403. The van der Waals surface area contributed by atoms with Crippen LogP contribution in [0.25, 0.3) is 0 Å². The lowest BCUT2D eigenvalue weighted by Crippen LogP contribution is -2.55. The highest BCUT2D eigenvalue weighted by Crippen LogP contribution is 2.23. The average Bonchev–Trinajstić information content (AvgIpc) is 3.07. The second-order valence-electron chi connectivity index (χ2n) is 7.11. The van der Waals surface area contributed by atoms with Crippen LogP contribution < -0.4 is 4.90 Å². The number of morpholine rings is 1. The molecule has 3 rings (SSSR count). The van der Waals surface area contributed by atoms with Gasteiger partial charge >= 0.3 is 0 Å². The van der Waals surface area contributed by atoms with Crippen LogP contribution in [0.4, 0.5) is 5.82 Å². The van der Waals surface area contributed by atoms with Crippen LogP contribution in [0.1, 0.15) is 37.2 Å². The molecule has 1 atom stereocenters. The zero-order valence-electron chi connectivity index (χ0n) is 14.7. The maximum Gasteiger partial charge on any atom is 0.274 e. The highest BCUT2D eigenvalue weighted by atomic mass is 16.5. The van der Waals surface area contributed by atoms with Crippen molar-refractivity contribution in [3.8, 4) is 0 Å². The molecule has 0 N–H and O–H groups in total. The number of rotatable bonds is 4. The molecule has 3 heterocycles. The molecule has 2 aliphatic rings. The maximum atomic E-state index is 12.8. The number of anilines is 1. The van der Waals surface area contributed by atoms with Crippen LogP contribution in [-0.2, 0) is 9.47 Å². The Bertz CT molecular complexity index is 570. The molecule has 2 fully saturated rings. The number of carbonyl (C=O) groups is 1. The summed E-state index contributed by atoms with van der Waals surface area (Å²) in [6.45, 7) is 7.49. The summed E-state index contributed by atoms with van der Waals surface area (Å²) < 4.78 is 11.1. The molecule has 0 saturated carbocycles. The Morgan fingerprint density at radius 3 is 2.71 bits per heavy atom. The zero-order chi connectivity index (χ0) is 17.2. The van der Waals surface area contributed by atoms with E-state index in [0.29, 0.717) is 25.4 Å². The van der Waals surface area contributed by atoms with Gasteiger partial charge in [-0.25, -0.2) is 0 Å². The summed E-state index contributed by atoms with van der Waals surface area (Å²) in [5.41, 5.74) is -0.0214. The SMILES string of the molecule is COC[C@@H]1CN(C(=O)c2ccc(N3CCCC3)nn2)CC(C)(C)O1. The first kappa shape index (κ1) is 17.1. The highest BCUT2D eigenvalue weighted by molar-refractivity contribution is 5.92. The monoisotopic (exact) mass is 334 g/mol. The molecule has 1 aromatic rings. The second-order valence-corrected chi connectivity index (χ2v) is 7.11. The van der Waals surface area contributed by atoms with Gasteiger partial charge in [0.15, 0.2) is 11.5 Å². The van der Waals surface area contributed by atoms with Gasteiger partial charge in [0.25, 0.3) is 5.91 Å². The van der Waals surface area contributed by atoms with Crippen molar-refractivity contribution in [3.05, 3.63) is 17.8 Å². The van der Waals surface area contributed by atoms with Crippen LogP contribution in [0.15, 0.2) is 12.1 Å². The Labute approximate surface area is 142 Å². The van der Waals surface area contributed by atoms with Gasteiger partial charge in [0.05, 0.1) is 18.3 Å². The number of carbonyl (C=O) groups excluding carboxylic acids is 1. The van der Waals surface area contributed by atoms with Crippen LogP contribution in [-0.4, -0.2) is 72.6 Å². The van der Waals surface area contributed by atoms with E-state index in [1.807, 2.05) is 19.9 Å². The number of hydrogen-bond donors (Lipinski definition) is 0. The van der Waals surface area contributed by atoms with E-state index in [-0.39, 0.29) is 12.0 Å². The molecule has 7 heteroatoms. The van der Waals surface area contributed by atoms with Crippen LogP contribution in [0, 0.1) is 0 Å². The summed E-state index contributed by atoms with van der Waals surface area (Å²) in [5, 5.41) is 8.40. The molecule has 0 radical (unpaired) electrons. The van der Waals surface area contributed by atoms with Gasteiger partial charge in [-0.15, -0.1) is 10.2 Å². The molecule has 132 valence electrons. The molecular weight excluding hydrogens is 308 g/mol. The van der Waals surface area contributed by atoms with Gasteiger partial charge in [-0.2, -0.15) is 0 Å². The van der Waals surface area contributed by atoms with Crippen LogP contribution >= 0.6 is 0 Å². The van der Waals surface area contributed by atoms with E-state index in [2.05, 4.69) is 15.1 Å². The lowest BCUT2D eigenvalue weighted by Gasteiger charge is -2.42. The number of nitrogens with zero attached hydrogens (tertiary/aromatic N) is 4.